The topological polar surface area (TPSA) is 52.3 Å². The zero-order valence-electron chi connectivity index (χ0n) is 4.87. The smallest absolute Gasteiger partial charge is 0.334 e. The Bertz CT molecular complexity index is 88.6. The Labute approximate surface area is 63.7 Å². The van der Waals surface area contributed by atoms with Crippen molar-refractivity contribution in [2.45, 2.75) is 0 Å². The van der Waals surface area contributed by atoms with Gasteiger partial charge in [0.1, 0.15) is 0 Å². The van der Waals surface area contributed by atoms with Gasteiger partial charge >= 0.3 is 5.97 Å². The van der Waals surface area contributed by atoms with Crippen LogP contribution in [0.15, 0.2) is 0 Å². The summed E-state index contributed by atoms with van der Waals surface area (Å²) < 4.78 is 0. The number of rotatable bonds is 4. The van der Waals surface area contributed by atoms with Crippen molar-refractivity contribution in [3.63, 3.8) is 0 Å². The van der Waals surface area contributed by atoms with E-state index >= 15 is 0 Å². The first kappa shape index (κ1) is 9.13. The second-order valence-corrected chi connectivity index (χ2v) is 2.82. The molecule has 3 nitrogen and oxygen atoms in total. The van der Waals surface area contributed by atoms with Crippen LogP contribution < -0.4 is 5.90 Å². The summed E-state index contributed by atoms with van der Waals surface area (Å²) >= 11 is 5.40. The van der Waals surface area contributed by atoms with Crippen LogP contribution in [-0.2, 0) is 9.63 Å². The number of hydrogen-bond donors (Lipinski definition) is 2. The van der Waals surface area contributed by atoms with Crippen LogP contribution in [-0.4, -0.2) is 23.2 Å². The molecule has 0 radical (unpaired) electrons. The summed E-state index contributed by atoms with van der Waals surface area (Å²) in [6, 6.07) is 0. The molecule has 0 heterocycles. The van der Waals surface area contributed by atoms with Gasteiger partial charge in [-0.1, -0.05) is 0 Å². The van der Waals surface area contributed by atoms with E-state index in [2.05, 4.69) is 23.4 Å². The van der Waals surface area contributed by atoms with Crippen molar-refractivity contribution in [3.8, 4) is 0 Å². The zero-order chi connectivity index (χ0) is 7.11. The van der Waals surface area contributed by atoms with E-state index in [1.165, 1.54) is 11.8 Å². The number of carbonyl (C=O) groups is 1. The van der Waals surface area contributed by atoms with Gasteiger partial charge in [-0.3, -0.25) is 0 Å². The van der Waals surface area contributed by atoms with Crippen LogP contribution in [0.4, 0.5) is 0 Å². The number of hydrogen-bond acceptors (Lipinski definition) is 5. The average Bonchev–Trinajstić information content (AvgIpc) is 1.89. The van der Waals surface area contributed by atoms with Gasteiger partial charge in [0, 0.05) is 5.75 Å². The highest BCUT2D eigenvalue weighted by atomic mass is 32.2. The summed E-state index contributed by atoms with van der Waals surface area (Å²) in [4.78, 5) is 14.2. The predicted octanol–water partition coefficient (Wildman–Crippen LogP) is 0.0663. The fraction of sp³-hybridized carbons (Fsp3) is 0.750. The van der Waals surface area contributed by atoms with Crippen LogP contribution in [0.3, 0.4) is 0 Å². The molecule has 2 N–H and O–H groups in total. The van der Waals surface area contributed by atoms with E-state index in [4.69, 9.17) is 0 Å². The van der Waals surface area contributed by atoms with Gasteiger partial charge in [0.25, 0.3) is 0 Å². The second-order valence-electron chi connectivity index (χ2n) is 1.27. The Kier molecular flexibility index (Phi) is 6.34. The molecule has 0 aromatic carbocycles. The summed E-state index contributed by atoms with van der Waals surface area (Å²) in [6.07, 6.45) is 0. The minimum atomic E-state index is -0.387. The van der Waals surface area contributed by atoms with E-state index in [0.29, 0.717) is 5.75 Å². The van der Waals surface area contributed by atoms with E-state index in [1.807, 2.05) is 0 Å². The fourth-order valence-corrected chi connectivity index (χ4v) is 1.15. The minimum absolute atomic E-state index is 0.317. The molecule has 0 unspecified atom stereocenters. The molecule has 9 heavy (non-hydrogen) atoms. The summed E-state index contributed by atoms with van der Waals surface area (Å²) in [6.45, 7) is 0. The fourth-order valence-electron chi connectivity index (χ4n) is 0.254. The molecule has 0 aliphatic carbocycles. The van der Waals surface area contributed by atoms with Crippen LogP contribution >= 0.6 is 24.4 Å². The Balaban J connectivity index is 2.97. The van der Waals surface area contributed by atoms with E-state index in [0.717, 1.165) is 11.5 Å². The second kappa shape index (κ2) is 6.25. The third kappa shape index (κ3) is 6.01. The highest BCUT2D eigenvalue weighted by molar-refractivity contribution is 8.00. The molecule has 0 aliphatic rings. The first-order valence-electron chi connectivity index (χ1n) is 2.39. The van der Waals surface area contributed by atoms with Crippen molar-refractivity contribution in [1.82, 2.24) is 0 Å². The Morgan fingerprint density at radius 2 is 2.44 bits per heavy atom. The molecule has 5 heteroatoms. The summed E-state index contributed by atoms with van der Waals surface area (Å²) in [5, 5.41) is 0. The van der Waals surface area contributed by atoms with Gasteiger partial charge in [-0.2, -0.15) is 18.5 Å². The molecule has 0 aliphatic heterocycles. The predicted molar refractivity (Wildman–Crippen MR) is 41.5 cm³/mol. The molecule has 0 atom stereocenters. The third-order valence-corrected chi connectivity index (χ3v) is 2.05. The van der Waals surface area contributed by atoms with Gasteiger partial charge in [0.05, 0.1) is 5.75 Å². The Morgan fingerprint density at radius 1 is 1.78 bits per heavy atom. The molecular weight excluding hydrogens is 158 g/mol. The molecule has 0 aromatic rings. The SMILES string of the molecule is NOC(=O)CSCCS. The van der Waals surface area contributed by atoms with Gasteiger partial charge < -0.3 is 4.84 Å². The van der Waals surface area contributed by atoms with Gasteiger partial charge in [-0.05, 0) is 5.75 Å². The number of thiol groups is 1. The summed E-state index contributed by atoms with van der Waals surface area (Å²) in [7, 11) is 0. The highest BCUT2D eigenvalue weighted by Crippen LogP contribution is 1.99. The zero-order valence-corrected chi connectivity index (χ0v) is 6.58. The van der Waals surface area contributed by atoms with Gasteiger partial charge in [0.15, 0.2) is 0 Å². The Morgan fingerprint density at radius 3 is 2.89 bits per heavy atom. The quantitative estimate of drug-likeness (QED) is 0.353. The molecule has 0 bridgehead atoms. The summed E-state index contributed by atoms with van der Waals surface area (Å²) in [5.41, 5.74) is 0. The van der Waals surface area contributed by atoms with Gasteiger partial charge in [0.2, 0.25) is 0 Å². The third-order valence-electron chi connectivity index (χ3n) is 0.587. The van der Waals surface area contributed by atoms with E-state index < -0.39 is 0 Å². The molecule has 0 saturated heterocycles. The molecule has 0 aromatic heterocycles. The van der Waals surface area contributed by atoms with Crippen molar-refractivity contribution in [2.75, 3.05) is 17.3 Å². The maximum absolute atomic E-state index is 10.3. The minimum Gasteiger partial charge on any atom is -0.373 e. The average molecular weight is 167 g/mol. The van der Waals surface area contributed by atoms with Crippen LogP contribution in [0, 0.1) is 0 Å². The molecule has 0 rings (SSSR count). The monoisotopic (exact) mass is 167 g/mol. The molecule has 0 saturated carbocycles. The lowest BCUT2D eigenvalue weighted by molar-refractivity contribution is -0.140. The molecule has 0 spiro atoms. The first-order valence-corrected chi connectivity index (χ1v) is 4.18. The van der Waals surface area contributed by atoms with E-state index in [1.54, 1.807) is 0 Å². The van der Waals surface area contributed by atoms with Crippen LogP contribution in [0.5, 0.6) is 0 Å². The number of thioether (sulfide) groups is 1. The summed E-state index contributed by atoms with van der Waals surface area (Å²) in [5.74, 6) is 6.11. The van der Waals surface area contributed by atoms with Crippen LogP contribution in [0.2, 0.25) is 0 Å². The van der Waals surface area contributed by atoms with Crippen molar-refractivity contribution >= 4 is 30.4 Å². The van der Waals surface area contributed by atoms with Crippen molar-refractivity contribution in [3.05, 3.63) is 0 Å². The lowest BCUT2D eigenvalue weighted by atomic mass is 10.8. The molecular formula is C4H9NO2S2. The number of nitrogens with two attached hydrogens (primary N) is 1. The highest BCUT2D eigenvalue weighted by Gasteiger charge is 1.97. The van der Waals surface area contributed by atoms with Crippen molar-refractivity contribution < 1.29 is 9.63 Å². The molecule has 0 amide bonds. The molecule has 54 valence electrons. The maximum atomic E-state index is 10.3. The maximum Gasteiger partial charge on any atom is 0.334 e. The van der Waals surface area contributed by atoms with Gasteiger partial charge in [-0.25, -0.2) is 4.79 Å². The van der Waals surface area contributed by atoms with Crippen molar-refractivity contribution in [2.24, 2.45) is 5.90 Å². The van der Waals surface area contributed by atoms with Crippen LogP contribution in [0.25, 0.3) is 0 Å². The van der Waals surface area contributed by atoms with E-state index in [-0.39, 0.29) is 5.97 Å². The Hall–Kier alpha value is 0.130. The number of carbonyl (C=O) groups excluding carboxylic acids is 1. The standard InChI is InChI=1S/C4H9NO2S2/c5-7-4(6)3-9-2-1-8/h8H,1-3,5H2. The lowest BCUT2D eigenvalue weighted by Gasteiger charge is -1.94. The largest absolute Gasteiger partial charge is 0.373 e. The first-order chi connectivity index (χ1) is 4.31. The van der Waals surface area contributed by atoms with Crippen LogP contribution in [0.1, 0.15) is 0 Å². The lowest BCUT2D eigenvalue weighted by Crippen LogP contribution is -2.12. The van der Waals surface area contributed by atoms with E-state index in [9.17, 15) is 4.79 Å². The molecule has 0 fully saturated rings. The normalized spacial score (nSPS) is 9.11. The van der Waals surface area contributed by atoms with Gasteiger partial charge in [-0.15, -0.1) is 11.8 Å². The van der Waals surface area contributed by atoms with Crippen molar-refractivity contribution in [1.29, 1.82) is 0 Å².